The Balaban J connectivity index is 2.88. The number of aromatic nitrogens is 2. The van der Waals surface area contributed by atoms with Crippen molar-refractivity contribution in [1.82, 2.24) is 15.3 Å². The van der Waals surface area contributed by atoms with E-state index in [9.17, 15) is 0 Å². The van der Waals surface area contributed by atoms with E-state index in [1.807, 2.05) is 19.9 Å². The molecule has 0 aromatic carbocycles. The van der Waals surface area contributed by atoms with Gasteiger partial charge in [-0.2, -0.15) is 0 Å². The Hall–Kier alpha value is -1.00. The average Bonchev–Trinajstić information content (AvgIpc) is 2.35. The first-order valence-electron chi connectivity index (χ1n) is 7.56. The van der Waals surface area contributed by atoms with Crippen LogP contribution in [0.1, 0.15) is 70.8 Å². The van der Waals surface area contributed by atoms with Crippen molar-refractivity contribution in [3.8, 4) is 0 Å². The normalized spacial score (nSPS) is 13.5. The highest BCUT2D eigenvalue weighted by atomic mass is 16.5. The zero-order chi connectivity index (χ0) is 15.2. The summed E-state index contributed by atoms with van der Waals surface area (Å²) >= 11 is 0. The quantitative estimate of drug-likeness (QED) is 0.829. The Bertz CT molecular complexity index is 407. The van der Waals surface area contributed by atoms with Crippen LogP contribution in [0.3, 0.4) is 0 Å². The molecule has 1 unspecified atom stereocenters. The van der Waals surface area contributed by atoms with Crippen molar-refractivity contribution < 1.29 is 4.74 Å². The fourth-order valence-electron chi connectivity index (χ4n) is 2.00. The van der Waals surface area contributed by atoms with Crippen LogP contribution in [-0.2, 0) is 11.3 Å². The summed E-state index contributed by atoms with van der Waals surface area (Å²) in [5.74, 6) is 0.819. The lowest BCUT2D eigenvalue weighted by molar-refractivity contribution is 0.0490. The lowest BCUT2D eigenvalue weighted by atomic mass is 10.1. The zero-order valence-electron chi connectivity index (χ0n) is 13.8. The van der Waals surface area contributed by atoms with Gasteiger partial charge in [0.15, 0.2) is 5.82 Å². The second-order valence-corrected chi connectivity index (χ2v) is 6.20. The summed E-state index contributed by atoms with van der Waals surface area (Å²) in [6.45, 7) is 14.1. The Morgan fingerprint density at radius 2 is 1.95 bits per heavy atom. The third-order valence-corrected chi connectivity index (χ3v) is 2.93. The van der Waals surface area contributed by atoms with Gasteiger partial charge in [-0.1, -0.05) is 13.3 Å². The van der Waals surface area contributed by atoms with Crippen LogP contribution in [0.25, 0.3) is 0 Å². The van der Waals surface area contributed by atoms with Crippen molar-refractivity contribution >= 4 is 0 Å². The van der Waals surface area contributed by atoms with E-state index in [4.69, 9.17) is 4.74 Å². The molecule has 114 valence electrons. The van der Waals surface area contributed by atoms with E-state index in [0.717, 1.165) is 36.6 Å². The molecular formula is C16H29N3O. The van der Waals surface area contributed by atoms with Crippen molar-refractivity contribution in [3.05, 3.63) is 23.3 Å². The monoisotopic (exact) mass is 279 g/mol. The molecule has 20 heavy (non-hydrogen) atoms. The Morgan fingerprint density at radius 1 is 1.25 bits per heavy atom. The van der Waals surface area contributed by atoms with Gasteiger partial charge in [-0.3, -0.25) is 0 Å². The van der Waals surface area contributed by atoms with Gasteiger partial charge in [-0.05, 0) is 47.1 Å². The summed E-state index contributed by atoms with van der Waals surface area (Å²) in [7, 11) is 0. The highest BCUT2D eigenvalue weighted by molar-refractivity contribution is 5.11. The molecule has 0 saturated carbocycles. The first kappa shape index (κ1) is 17.1. The minimum absolute atomic E-state index is 0.0123. The molecule has 0 bridgehead atoms. The maximum Gasteiger partial charge on any atom is 0.157 e. The molecule has 0 saturated heterocycles. The van der Waals surface area contributed by atoms with Crippen LogP contribution in [0.5, 0.6) is 0 Å². The Morgan fingerprint density at radius 3 is 2.50 bits per heavy atom. The molecule has 4 nitrogen and oxygen atoms in total. The molecule has 0 aliphatic carbocycles. The molecule has 0 aliphatic rings. The number of ether oxygens (including phenoxy) is 1. The van der Waals surface area contributed by atoms with Gasteiger partial charge < -0.3 is 10.1 Å². The van der Waals surface area contributed by atoms with Crippen LogP contribution in [0.2, 0.25) is 0 Å². The fraction of sp³-hybridized carbons (Fsp3) is 0.750. The first-order valence-corrected chi connectivity index (χ1v) is 7.56. The van der Waals surface area contributed by atoms with E-state index >= 15 is 0 Å². The molecule has 0 fully saturated rings. The lowest BCUT2D eigenvalue weighted by Gasteiger charge is -2.21. The molecule has 0 radical (unpaired) electrons. The largest absolute Gasteiger partial charge is 0.371 e. The molecule has 0 aliphatic heterocycles. The van der Waals surface area contributed by atoms with Gasteiger partial charge in [0.2, 0.25) is 0 Å². The smallest absolute Gasteiger partial charge is 0.157 e. The second kappa shape index (κ2) is 7.70. The Kier molecular flexibility index (Phi) is 6.56. The number of nitrogens with zero attached hydrogens (tertiary/aromatic N) is 2. The number of hydrogen-bond donors (Lipinski definition) is 1. The zero-order valence-corrected chi connectivity index (χ0v) is 13.8. The molecule has 1 N–H and O–H groups in total. The fourth-order valence-corrected chi connectivity index (χ4v) is 2.00. The van der Waals surface area contributed by atoms with Gasteiger partial charge in [-0.25, -0.2) is 9.97 Å². The van der Waals surface area contributed by atoms with E-state index in [-0.39, 0.29) is 11.6 Å². The molecule has 0 spiro atoms. The van der Waals surface area contributed by atoms with Crippen molar-refractivity contribution in [1.29, 1.82) is 0 Å². The highest BCUT2D eigenvalue weighted by Crippen LogP contribution is 2.20. The minimum atomic E-state index is 0.0123. The Labute approximate surface area is 123 Å². The summed E-state index contributed by atoms with van der Waals surface area (Å²) in [4.78, 5) is 9.23. The second-order valence-electron chi connectivity index (χ2n) is 6.20. The average molecular weight is 279 g/mol. The van der Waals surface area contributed by atoms with Crippen molar-refractivity contribution in [3.63, 3.8) is 0 Å². The van der Waals surface area contributed by atoms with E-state index < -0.39 is 0 Å². The van der Waals surface area contributed by atoms with Gasteiger partial charge >= 0.3 is 0 Å². The van der Waals surface area contributed by atoms with E-state index in [2.05, 4.69) is 43.0 Å². The van der Waals surface area contributed by atoms with Crippen LogP contribution >= 0.6 is 0 Å². The van der Waals surface area contributed by atoms with Gasteiger partial charge in [0.1, 0.15) is 6.10 Å². The van der Waals surface area contributed by atoms with Gasteiger partial charge in [0.25, 0.3) is 0 Å². The highest BCUT2D eigenvalue weighted by Gasteiger charge is 2.16. The maximum absolute atomic E-state index is 5.78. The molecular weight excluding hydrogens is 250 g/mol. The molecule has 1 aromatic heterocycles. The first-order chi connectivity index (χ1) is 9.35. The topological polar surface area (TPSA) is 47.0 Å². The van der Waals surface area contributed by atoms with Gasteiger partial charge in [0.05, 0.1) is 5.69 Å². The third kappa shape index (κ3) is 5.97. The van der Waals surface area contributed by atoms with E-state index in [1.165, 1.54) is 0 Å². The maximum atomic E-state index is 5.78. The summed E-state index contributed by atoms with van der Waals surface area (Å²) in [6.07, 6.45) is 2.04. The van der Waals surface area contributed by atoms with Crippen LogP contribution < -0.4 is 5.32 Å². The summed E-state index contributed by atoms with van der Waals surface area (Å²) in [5.41, 5.74) is 2.12. The molecule has 1 heterocycles. The number of aryl methyl sites for hydroxylation is 1. The number of rotatable bonds is 7. The van der Waals surface area contributed by atoms with Crippen molar-refractivity contribution in [2.45, 2.75) is 72.6 Å². The summed E-state index contributed by atoms with van der Waals surface area (Å²) < 4.78 is 5.78. The van der Waals surface area contributed by atoms with Crippen LogP contribution in [0, 0.1) is 6.92 Å². The molecule has 0 amide bonds. The van der Waals surface area contributed by atoms with Crippen LogP contribution in [-0.4, -0.2) is 22.1 Å². The molecule has 1 atom stereocenters. The lowest BCUT2D eigenvalue weighted by Crippen LogP contribution is -2.35. The predicted octanol–water partition coefficient (Wildman–Crippen LogP) is 3.55. The number of nitrogens with one attached hydrogen (secondary N) is 1. The molecule has 4 heteroatoms. The predicted molar refractivity (Wildman–Crippen MR) is 82.6 cm³/mol. The van der Waals surface area contributed by atoms with Crippen LogP contribution in [0.15, 0.2) is 6.07 Å². The van der Waals surface area contributed by atoms with Crippen LogP contribution in [0.4, 0.5) is 0 Å². The van der Waals surface area contributed by atoms with E-state index in [0.29, 0.717) is 6.61 Å². The number of hydrogen-bond acceptors (Lipinski definition) is 4. The van der Waals surface area contributed by atoms with Gasteiger partial charge in [-0.15, -0.1) is 0 Å². The van der Waals surface area contributed by atoms with Gasteiger partial charge in [0, 0.05) is 24.4 Å². The summed E-state index contributed by atoms with van der Waals surface area (Å²) in [5, 5.41) is 3.46. The van der Waals surface area contributed by atoms with Crippen molar-refractivity contribution in [2.24, 2.45) is 0 Å². The minimum Gasteiger partial charge on any atom is -0.371 e. The standard InChI is InChI=1S/C16H29N3O/c1-7-9-14(20-8-2)15-18-12(3)10-13(19-15)11-17-16(4,5)6/h10,14,17H,7-9,11H2,1-6H3. The van der Waals surface area contributed by atoms with Crippen molar-refractivity contribution in [2.75, 3.05) is 6.61 Å². The molecule has 1 rings (SSSR count). The SMILES string of the molecule is CCCC(OCC)c1nc(C)cc(CNC(C)(C)C)n1. The third-order valence-electron chi connectivity index (χ3n) is 2.93. The summed E-state index contributed by atoms with van der Waals surface area (Å²) in [6, 6.07) is 2.04. The molecule has 1 aromatic rings. The van der Waals surface area contributed by atoms with E-state index in [1.54, 1.807) is 0 Å².